The van der Waals surface area contributed by atoms with E-state index in [4.69, 9.17) is 4.74 Å². The predicted molar refractivity (Wildman–Crippen MR) is 106 cm³/mol. The zero-order valence-electron chi connectivity index (χ0n) is 15.3. The topological polar surface area (TPSA) is 72.5 Å². The smallest absolute Gasteiger partial charge is 0.339 e. The standard InChI is InChI=1S/C23H19NO4/c1-16(25)24-20-14-8-13-19(15-20)23(27)28-22(18-11-6-3-7-12-18)21(26)17-9-4-2-5-10-17/h2-15,22H,1H3,(H,24,25)/t22-/m1/s1. The summed E-state index contributed by atoms with van der Waals surface area (Å²) in [5.74, 6) is -1.20. The number of benzene rings is 3. The van der Waals surface area contributed by atoms with Gasteiger partial charge in [-0.1, -0.05) is 66.7 Å². The second kappa shape index (κ2) is 8.77. The van der Waals surface area contributed by atoms with Crippen LogP contribution in [0.3, 0.4) is 0 Å². The van der Waals surface area contributed by atoms with Crippen LogP contribution in [0.5, 0.6) is 0 Å². The number of anilines is 1. The van der Waals surface area contributed by atoms with Gasteiger partial charge in [-0.2, -0.15) is 0 Å². The lowest BCUT2D eigenvalue weighted by molar-refractivity contribution is -0.114. The highest BCUT2D eigenvalue weighted by atomic mass is 16.5. The summed E-state index contributed by atoms with van der Waals surface area (Å²) >= 11 is 0. The number of nitrogens with one attached hydrogen (secondary N) is 1. The highest BCUT2D eigenvalue weighted by Gasteiger charge is 2.26. The third-order valence-electron chi connectivity index (χ3n) is 4.04. The number of ketones is 1. The van der Waals surface area contributed by atoms with Crippen LogP contribution in [0.1, 0.15) is 39.3 Å². The van der Waals surface area contributed by atoms with Gasteiger partial charge in [-0.3, -0.25) is 9.59 Å². The minimum atomic E-state index is -1.07. The van der Waals surface area contributed by atoms with Gasteiger partial charge in [-0.05, 0) is 18.2 Å². The minimum absolute atomic E-state index is 0.244. The predicted octanol–water partition coefficient (Wildman–Crippen LogP) is 4.43. The van der Waals surface area contributed by atoms with Crippen LogP contribution >= 0.6 is 0 Å². The normalized spacial score (nSPS) is 11.3. The van der Waals surface area contributed by atoms with Crippen molar-refractivity contribution in [3.05, 3.63) is 102 Å². The molecule has 0 radical (unpaired) electrons. The SMILES string of the molecule is CC(=O)Nc1cccc(C(=O)O[C@@H](C(=O)c2ccccc2)c2ccccc2)c1. The van der Waals surface area contributed by atoms with Crippen LogP contribution in [-0.4, -0.2) is 17.7 Å². The van der Waals surface area contributed by atoms with E-state index in [1.54, 1.807) is 66.7 Å². The Labute approximate surface area is 163 Å². The van der Waals surface area contributed by atoms with Gasteiger partial charge in [-0.25, -0.2) is 4.79 Å². The molecule has 28 heavy (non-hydrogen) atoms. The molecule has 0 saturated carbocycles. The maximum absolute atomic E-state index is 13.0. The Bertz CT molecular complexity index is 984. The molecule has 0 aliphatic heterocycles. The van der Waals surface area contributed by atoms with Crippen LogP contribution < -0.4 is 5.32 Å². The van der Waals surface area contributed by atoms with E-state index >= 15 is 0 Å². The van der Waals surface area contributed by atoms with Gasteiger partial charge in [0.05, 0.1) is 5.56 Å². The molecule has 1 N–H and O–H groups in total. The summed E-state index contributed by atoms with van der Waals surface area (Å²) in [6.45, 7) is 1.38. The van der Waals surface area contributed by atoms with Crippen LogP contribution in [0.15, 0.2) is 84.9 Å². The molecule has 3 aromatic rings. The van der Waals surface area contributed by atoms with Crippen molar-refractivity contribution in [2.75, 3.05) is 5.32 Å². The minimum Gasteiger partial charge on any atom is -0.445 e. The average Bonchev–Trinajstić information content (AvgIpc) is 2.72. The molecule has 3 rings (SSSR count). The lowest BCUT2D eigenvalue weighted by atomic mass is 9.99. The van der Waals surface area contributed by atoms with Crippen molar-refractivity contribution in [2.45, 2.75) is 13.0 Å². The van der Waals surface area contributed by atoms with E-state index in [1.165, 1.54) is 13.0 Å². The first-order valence-corrected chi connectivity index (χ1v) is 8.77. The average molecular weight is 373 g/mol. The fourth-order valence-electron chi connectivity index (χ4n) is 2.76. The van der Waals surface area contributed by atoms with Crippen molar-refractivity contribution in [1.82, 2.24) is 0 Å². The van der Waals surface area contributed by atoms with Gasteiger partial charge in [0.25, 0.3) is 0 Å². The second-order valence-corrected chi connectivity index (χ2v) is 6.19. The van der Waals surface area contributed by atoms with Crippen molar-refractivity contribution in [3.63, 3.8) is 0 Å². The third-order valence-corrected chi connectivity index (χ3v) is 4.04. The maximum atomic E-state index is 13.0. The third kappa shape index (κ3) is 4.71. The van der Waals surface area contributed by atoms with Gasteiger partial charge >= 0.3 is 5.97 Å². The van der Waals surface area contributed by atoms with E-state index in [0.717, 1.165) is 0 Å². The van der Waals surface area contributed by atoms with E-state index in [1.807, 2.05) is 12.1 Å². The molecular formula is C23H19NO4. The molecule has 0 bridgehead atoms. The molecule has 0 spiro atoms. The molecule has 0 fully saturated rings. The molecule has 1 amide bonds. The highest BCUT2D eigenvalue weighted by molar-refractivity contribution is 6.02. The fourth-order valence-corrected chi connectivity index (χ4v) is 2.76. The van der Waals surface area contributed by atoms with Crippen LogP contribution in [-0.2, 0) is 9.53 Å². The first-order chi connectivity index (χ1) is 13.5. The first kappa shape index (κ1) is 19.0. The van der Waals surface area contributed by atoms with Gasteiger partial charge in [0.1, 0.15) is 0 Å². The Kier molecular flexibility index (Phi) is 5.97. The monoisotopic (exact) mass is 373 g/mol. The van der Waals surface area contributed by atoms with Crippen molar-refractivity contribution < 1.29 is 19.1 Å². The molecule has 0 unspecified atom stereocenters. The number of amides is 1. The summed E-state index contributed by atoms with van der Waals surface area (Å²) in [6, 6.07) is 24.0. The maximum Gasteiger partial charge on any atom is 0.339 e. The molecule has 0 aliphatic carbocycles. The molecule has 0 aliphatic rings. The number of ether oxygens (including phenoxy) is 1. The Morgan fingerprint density at radius 1 is 0.786 bits per heavy atom. The molecule has 3 aromatic carbocycles. The number of Topliss-reactive ketones (excluding diaryl/α,β-unsaturated/α-hetero) is 1. The van der Waals surface area contributed by atoms with Crippen molar-refractivity contribution in [2.24, 2.45) is 0 Å². The summed E-state index contributed by atoms with van der Waals surface area (Å²) < 4.78 is 5.60. The quantitative estimate of drug-likeness (QED) is 0.513. The van der Waals surface area contributed by atoms with Gasteiger partial charge in [0.2, 0.25) is 11.7 Å². The van der Waals surface area contributed by atoms with Gasteiger partial charge < -0.3 is 10.1 Å². The number of carbonyl (C=O) groups excluding carboxylic acids is 3. The number of hydrogen-bond acceptors (Lipinski definition) is 4. The molecular weight excluding hydrogens is 354 g/mol. The van der Waals surface area contributed by atoms with Crippen molar-refractivity contribution in [1.29, 1.82) is 0 Å². The summed E-state index contributed by atoms with van der Waals surface area (Å²) in [6.07, 6.45) is -1.07. The van der Waals surface area contributed by atoms with E-state index in [0.29, 0.717) is 16.8 Å². The lowest BCUT2D eigenvalue weighted by Gasteiger charge is -2.18. The van der Waals surface area contributed by atoms with E-state index in [9.17, 15) is 14.4 Å². The Morgan fingerprint density at radius 2 is 1.39 bits per heavy atom. The number of esters is 1. The second-order valence-electron chi connectivity index (χ2n) is 6.19. The van der Waals surface area contributed by atoms with Crippen LogP contribution in [0.2, 0.25) is 0 Å². The summed E-state index contributed by atoms with van der Waals surface area (Å²) in [7, 11) is 0. The van der Waals surface area contributed by atoms with Crippen molar-refractivity contribution >= 4 is 23.3 Å². The number of rotatable bonds is 6. The Hall–Kier alpha value is -3.73. The number of carbonyl (C=O) groups is 3. The fraction of sp³-hybridized carbons (Fsp3) is 0.0870. The van der Waals surface area contributed by atoms with E-state index in [-0.39, 0.29) is 17.3 Å². The lowest BCUT2D eigenvalue weighted by Crippen LogP contribution is -2.20. The summed E-state index contributed by atoms with van der Waals surface area (Å²) in [5.41, 5.74) is 1.76. The van der Waals surface area contributed by atoms with Crippen LogP contribution in [0.25, 0.3) is 0 Å². The van der Waals surface area contributed by atoms with Gasteiger partial charge in [0.15, 0.2) is 6.10 Å². The first-order valence-electron chi connectivity index (χ1n) is 8.77. The summed E-state index contributed by atoms with van der Waals surface area (Å²) in [5, 5.41) is 2.62. The number of hydrogen-bond donors (Lipinski definition) is 1. The Morgan fingerprint density at radius 3 is 2.04 bits per heavy atom. The zero-order valence-corrected chi connectivity index (χ0v) is 15.3. The Balaban J connectivity index is 1.88. The van der Waals surface area contributed by atoms with Crippen LogP contribution in [0.4, 0.5) is 5.69 Å². The van der Waals surface area contributed by atoms with Gasteiger partial charge in [-0.15, -0.1) is 0 Å². The molecule has 0 aromatic heterocycles. The van der Waals surface area contributed by atoms with Crippen molar-refractivity contribution in [3.8, 4) is 0 Å². The molecule has 140 valence electrons. The molecule has 1 atom stereocenters. The van der Waals surface area contributed by atoms with Crippen LogP contribution in [0, 0.1) is 0 Å². The highest BCUT2D eigenvalue weighted by Crippen LogP contribution is 2.24. The molecule has 5 heteroatoms. The van der Waals surface area contributed by atoms with Gasteiger partial charge in [0, 0.05) is 23.7 Å². The van der Waals surface area contributed by atoms with E-state index < -0.39 is 12.1 Å². The zero-order chi connectivity index (χ0) is 19.9. The molecule has 0 saturated heterocycles. The largest absolute Gasteiger partial charge is 0.445 e. The summed E-state index contributed by atoms with van der Waals surface area (Å²) in [4.78, 5) is 36.9. The molecule has 0 heterocycles. The van der Waals surface area contributed by atoms with E-state index in [2.05, 4.69) is 5.32 Å². The molecule has 5 nitrogen and oxygen atoms in total.